The van der Waals surface area contributed by atoms with Crippen LogP contribution in [0.25, 0.3) is 0 Å². The molecule has 3 heteroatoms. The Morgan fingerprint density at radius 1 is 1.36 bits per heavy atom. The topological polar surface area (TPSA) is 34.1 Å². The maximum atomic E-state index is 11.1. The normalized spacial score (nSPS) is 10.8. The summed E-state index contributed by atoms with van der Waals surface area (Å²) in [5.41, 5.74) is 1.58. The first-order valence-corrected chi connectivity index (χ1v) is 5.95. The van der Waals surface area contributed by atoms with Crippen molar-refractivity contribution in [1.82, 2.24) is 0 Å². The van der Waals surface area contributed by atoms with Crippen molar-refractivity contribution >= 4 is 18.9 Å². The highest BCUT2D eigenvalue weighted by molar-refractivity contribution is 7.27. The molecule has 0 radical (unpaired) electrons. The summed E-state index contributed by atoms with van der Waals surface area (Å²) in [6.07, 6.45) is 0. The van der Waals surface area contributed by atoms with Gasteiger partial charge in [-0.15, -0.1) is 6.58 Å². The van der Waals surface area contributed by atoms with Crippen LogP contribution in [-0.2, 0) is 9.59 Å². The molecule has 0 amide bonds. The highest BCUT2D eigenvalue weighted by atomic mass is 28.3. The van der Waals surface area contributed by atoms with Gasteiger partial charge in [0.25, 0.3) is 0 Å². The molecule has 0 N–H and O–H groups in total. The maximum absolute atomic E-state index is 11.1. The van der Waals surface area contributed by atoms with Gasteiger partial charge in [-0.05, 0) is 19.9 Å². The number of carbonyl (C=O) groups is 2. The first kappa shape index (κ1) is 10.3. The van der Waals surface area contributed by atoms with Crippen molar-refractivity contribution in [3.8, 4) is 0 Å². The minimum absolute atomic E-state index is 0.0162. The number of hydrogen-bond donors (Lipinski definition) is 0. The molecule has 0 rings (SSSR count). The summed E-state index contributed by atoms with van der Waals surface area (Å²) < 4.78 is 0. The van der Waals surface area contributed by atoms with Crippen LogP contribution in [0, 0.1) is 0 Å². The molecule has 0 bridgehead atoms. The third kappa shape index (κ3) is 1.65. The fraction of sp³-hybridized carbons (Fsp3) is 0.500. The van der Waals surface area contributed by atoms with Crippen LogP contribution in [0.3, 0.4) is 0 Å². The predicted molar refractivity (Wildman–Crippen MR) is 47.8 cm³/mol. The number of rotatable bonds is 4. The Bertz CT molecular complexity index is 182. The molecule has 0 spiro atoms. The van der Waals surface area contributed by atoms with Crippen molar-refractivity contribution in [1.29, 1.82) is 0 Å². The van der Waals surface area contributed by atoms with Crippen LogP contribution >= 0.6 is 0 Å². The van der Waals surface area contributed by atoms with E-state index in [0.717, 1.165) is 0 Å². The van der Waals surface area contributed by atoms with Gasteiger partial charge < -0.3 is 9.59 Å². The average Bonchev–Trinajstić information content (AvgIpc) is 1.90. The minimum Gasteiger partial charge on any atom is -0.305 e. The Labute approximate surface area is 68.3 Å². The monoisotopic (exact) mass is 170 g/mol. The smallest absolute Gasteiger partial charge is 0.228 e. The molecule has 11 heavy (non-hydrogen) atoms. The lowest BCUT2D eigenvalue weighted by Crippen LogP contribution is -2.47. The lowest BCUT2D eigenvalue weighted by molar-refractivity contribution is -0.114. The number of hydrogen-bond acceptors (Lipinski definition) is 2. The quantitative estimate of drug-likeness (QED) is 0.598. The molecule has 0 fully saturated rings. The average molecular weight is 170 g/mol. The summed E-state index contributed by atoms with van der Waals surface area (Å²) in [7, 11) is -2.41. The van der Waals surface area contributed by atoms with E-state index in [1.165, 1.54) is 13.8 Å². The Hall–Kier alpha value is -0.703. The molecular formula is C8H14O2Si. The van der Waals surface area contributed by atoms with Crippen LogP contribution in [-0.4, -0.2) is 18.9 Å². The van der Waals surface area contributed by atoms with E-state index in [0.29, 0.717) is 6.04 Å². The molecule has 62 valence electrons. The van der Waals surface area contributed by atoms with Gasteiger partial charge in [0.1, 0.15) is 10.8 Å². The minimum atomic E-state index is -2.41. The Balaban J connectivity index is 4.91. The second-order valence-corrected chi connectivity index (χ2v) is 7.11. The molecular weight excluding hydrogens is 156 g/mol. The molecule has 0 heterocycles. The summed E-state index contributed by atoms with van der Waals surface area (Å²) in [5, 5.41) is 0.0324. The van der Waals surface area contributed by atoms with Crippen molar-refractivity contribution in [2.75, 3.05) is 0 Å². The standard InChI is InChI=1S/C8H14O2Si/c1-5-11(6-2,7(3)9)8(4)10/h5H,1,6H2,2-4H3. The van der Waals surface area contributed by atoms with Crippen LogP contribution in [0.4, 0.5) is 0 Å². The largest absolute Gasteiger partial charge is 0.305 e. The van der Waals surface area contributed by atoms with Gasteiger partial charge >= 0.3 is 0 Å². The molecule has 2 nitrogen and oxygen atoms in total. The summed E-state index contributed by atoms with van der Waals surface area (Å²) in [5.74, 6) is 0. The van der Waals surface area contributed by atoms with Gasteiger partial charge in [-0.2, -0.15) is 0 Å². The first-order valence-electron chi connectivity index (χ1n) is 3.67. The molecule has 0 saturated carbocycles. The lowest BCUT2D eigenvalue weighted by atomic mass is 10.9. The van der Waals surface area contributed by atoms with Crippen molar-refractivity contribution in [2.45, 2.75) is 26.8 Å². The van der Waals surface area contributed by atoms with E-state index in [4.69, 9.17) is 0 Å². The van der Waals surface area contributed by atoms with E-state index in [1.807, 2.05) is 6.92 Å². The highest BCUT2D eigenvalue weighted by Gasteiger charge is 2.38. The second-order valence-electron chi connectivity index (χ2n) is 2.64. The molecule has 0 aromatic rings. The van der Waals surface area contributed by atoms with Gasteiger partial charge in [-0.25, -0.2) is 0 Å². The SMILES string of the molecule is C=C[Si](CC)(C(C)=O)C(C)=O. The van der Waals surface area contributed by atoms with Gasteiger partial charge in [0.2, 0.25) is 8.07 Å². The maximum Gasteiger partial charge on any atom is 0.228 e. The van der Waals surface area contributed by atoms with Crippen LogP contribution in [0.15, 0.2) is 12.3 Å². The lowest BCUT2D eigenvalue weighted by Gasteiger charge is -2.18. The fourth-order valence-corrected chi connectivity index (χ4v) is 3.53. The van der Waals surface area contributed by atoms with Crippen molar-refractivity contribution in [2.24, 2.45) is 0 Å². The number of carbonyl (C=O) groups excluding carboxylic acids is 2. The van der Waals surface area contributed by atoms with E-state index in [-0.39, 0.29) is 10.8 Å². The van der Waals surface area contributed by atoms with Gasteiger partial charge in [-0.1, -0.05) is 12.6 Å². The molecule has 0 aliphatic carbocycles. The van der Waals surface area contributed by atoms with Crippen LogP contribution in [0.1, 0.15) is 20.8 Å². The van der Waals surface area contributed by atoms with Gasteiger partial charge in [0, 0.05) is 0 Å². The molecule has 0 unspecified atom stereocenters. The molecule has 0 aromatic heterocycles. The molecule has 0 aliphatic rings. The summed E-state index contributed by atoms with van der Waals surface area (Å²) in [6.45, 7) is 8.41. The summed E-state index contributed by atoms with van der Waals surface area (Å²) in [4.78, 5) is 22.3. The second kappa shape index (κ2) is 3.62. The van der Waals surface area contributed by atoms with Crippen molar-refractivity contribution in [3.05, 3.63) is 12.3 Å². The molecule has 0 aromatic carbocycles. The van der Waals surface area contributed by atoms with E-state index < -0.39 is 8.07 Å². The highest BCUT2D eigenvalue weighted by Crippen LogP contribution is 2.12. The van der Waals surface area contributed by atoms with Crippen molar-refractivity contribution in [3.63, 3.8) is 0 Å². The van der Waals surface area contributed by atoms with Crippen molar-refractivity contribution < 1.29 is 9.59 Å². The molecule has 0 atom stereocenters. The van der Waals surface area contributed by atoms with Crippen LogP contribution in [0.5, 0.6) is 0 Å². The fourth-order valence-electron chi connectivity index (χ4n) is 1.18. The summed E-state index contributed by atoms with van der Waals surface area (Å²) >= 11 is 0. The summed E-state index contributed by atoms with van der Waals surface area (Å²) in [6, 6.07) is 0.640. The van der Waals surface area contributed by atoms with Crippen LogP contribution < -0.4 is 0 Å². The van der Waals surface area contributed by atoms with E-state index in [1.54, 1.807) is 5.70 Å². The Morgan fingerprint density at radius 3 is 1.73 bits per heavy atom. The third-order valence-electron chi connectivity index (χ3n) is 2.16. The third-order valence-corrected chi connectivity index (χ3v) is 6.49. The zero-order valence-electron chi connectivity index (χ0n) is 7.31. The van der Waals surface area contributed by atoms with E-state index in [2.05, 4.69) is 6.58 Å². The molecule has 0 aliphatic heterocycles. The first-order chi connectivity index (χ1) is 5.01. The zero-order chi connectivity index (χ0) is 9.07. The Morgan fingerprint density at radius 2 is 1.73 bits per heavy atom. The van der Waals surface area contributed by atoms with Gasteiger partial charge in [-0.3, -0.25) is 0 Å². The van der Waals surface area contributed by atoms with Crippen LogP contribution in [0.2, 0.25) is 6.04 Å². The van der Waals surface area contributed by atoms with E-state index >= 15 is 0 Å². The zero-order valence-corrected chi connectivity index (χ0v) is 8.31. The van der Waals surface area contributed by atoms with Gasteiger partial charge in [0.05, 0.1) is 0 Å². The van der Waals surface area contributed by atoms with E-state index in [9.17, 15) is 9.59 Å². The molecule has 0 saturated heterocycles. The Kier molecular flexibility index (Phi) is 3.39. The van der Waals surface area contributed by atoms with Gasteiger partial charge in [0.15, 0.2) is 0 Å². The predicted octanol–water partition coefficient (Wildman–Crippen LogP) is 1.44.